The molecule has 0 bridgehead atoms. The van der Waals surface area contributed by atoms with E-state index in [-0.39, 0.29) is 29.2 Å². The zero-order valence-electron chi connectivity index (χ0n) is 17.5. The topological polar surface area (TPSA) is 102 Å². The van der Waals surface area contributed by atoms with Gasteiger partial charge in [0.15, 0.2) is 6.61 Å². The van der Waals surface area contributed by atoms with Crippen molar-refractivity contribution in [2.24, 2.45) is 0 Å². The van der Waals surface area contributed by atoms with Gasteiger partial charge in [-0.1, -0.05) is 6.07 Å². The number of sulfonamides is 1. The van der Waals surface area contributed by atoms with Crippen molar-refractivity contribution in [1.29, 1.82) is 0 Å². The predicted octanol–water partition coefficient (Wildman–Crippen LogP) is 2.83. The summed E-state index contributed by atoms with van der Waals surface area (Å²) in [5, 5.41) is 2.49. The molecule has 1 aliphatic rings. The van der Waals surface area contributed by atoms with Crippen LogP contribution in [0.1, 0.15) is 21.5 Å². The van der Waals surface area contributed by atoms with Gasteiger partial charge in [-0.25, -0.2) is 13.2 Å². The SMILES string of the molecule is Cc1ccc(S(=O)(=O)N2CCOCC2)cc1NC(=O)COC(=O)c1ccc(C(F)(F)F)cc1. The Kier molecular flexibility index (Phi) is 7.40. The fourth-order valence-corrected chi connectivity index (χ4v) is 4.46. The summed E-state index contributed by atoms with van der Waals surface area (Å²) in [7, 11) is -3.78. The fraction of sp³-hybridized carbons (Fsp3) is 0.333. The summed E-state index contributed by atoms with van der Waals surface area (Å²) in [5.74, 6) is -1.71. The summed E-state index contributed by atoms with van der Waals surface area (Å²) in [6.07, 6.45) is -4.54. The Morgan fingerprint density at radius 3 is 2.33 bits per heavy atom. The van der Waals surface area contributed by atoms with Crippen molar-refractivity contribution in [2.45, 2.75) is 18.0 Å². The number of alkyl halides is 3. The fourth-order valence-electron chi connectivity index (χ4n) is 3.03. The van der Waals surface area contributed by atoms with Crippen LogP contribution in [0.5, 0.6) is 0 Å². The molecule has 1 amide bonds. The monoisotopic (exact) mass is 486 g/mol. The zero-order chi connectivity index (χ0) is 24.2. The van der Waals surface area contributed by atoms with Crippen molar-refractivity contribution in [3.63, 3.8) is 0 Å². The maximum Gasteiger partial charge on any atom is 0.416 e. The highest BCUT2D eigenvalue weighted by Gasteiger charge is 2.30. The van der Waals surface area contributed by atoms with E-state index < -0.39 is 40.2 Å². The number of ether oxygens (including phenoxy) is 2. The highest BCUT2D eigenvalue weighted by molar-refractivity contribution is 7.89. The van der Waals surface area contributed by atoms with E-state index >= 15 is 0 Å². The van der Waals surface area contributed by atoms with E-state index in [9.17, 15) is 31.2 Å². The Morgan fingerprint density at radius 1 is 1.09 bits per heavy atom. The van der Waals surface area contributed by atoms with E-state index in [0.717, 1.165) is 24.3 Å². The van der Waals surface area contributed by atoms with Crippen LogP contribution in [0.4, 0.5) is 18.9 Å². The Morgan fingerprint density at radius 2 is 1.73 bits per heavy atom. The van der Waals surface area contributed by atoms with Crippen molar-refractivity contribution in [3.05, 3.63) is 59.2 Å². The van der Waals surface area contributed by atoms with Gasteiger partial charge >= 0.3 is 12.1 Å². The van der Waals surface area contributed by atoms with Crippen LogP contribution in [0.15, 0.2) is 47.4 Å². The molecule has 3 rings (SSSR count). The summed E-state index contributed by atoms with van der Waals surface area (Å²) >= 11 is 0. The molecule has 8 nitrogen and oxygen atoms in total. The number of halogens is 3. The molecule has 1 saturated heterocycles. The molecule has 0 aromatic heterocycles. The molecule has 0 saturated carbocycles. The lowest BCUT2D eigenvalue weighted by molar-refractivity contribution is -0.137. The first-order valence-corrected chi connectivity index (χ1v) is 11.3. The van der Waals surface area contributed by atoms with Gasteiger partial charge in [0.05, 0.1) is 29.2 Å². The molecule has 0 radical (unpaired) electrons. The molecule has 2 aromatic carbocycles. The van der Waals surface area contributed by atoms with E-state index in [4.69, 9.17) is 9.47 Å². The molecule has 0 aliphatic carbocycles. The van der Waals surface area contributed by atoms with Gasteiger partial charge in [0.1, 0.15) is 0 Å². The van der Waals surface area contributed by atoms with Crippen molar-refractivity contribution < 1.29 is 40.7 Å². The van der Waals surface area contributed by atoms with Gasteiger partial charge in [-0.05, 0) is 48.9 Å². The molecular weight excluding hydrogens is 465 g/mol. The Balaban J connectivity index is 1.63. The third kappa shape index (κ3) is 6.09. The van der Waals surface area contributed by atoms with E-state index in [1.807, 2.05) is 0 Å². The molecule has 0 spiro atoms. The maximum atomic E-state index is 12.8. The largest absolute Gasteiger partial charge is 0.452 e. The van der Waals surface area contributed by atoms with E-state index in [0.29, 0.717) is 18.8 Å². The second kappa shape index (κ2) is 9.89. The Hall–Kier alpha value is -2.96. The molecule has 1 heterocycles. The molecule has 1 aliphatic heterocycles. The number of carbonyl (C=O) groups is 2. The number of benzene rings is 2. The van der Waals surface area contributed by atoms with Crippen LogP contribution in [-0.2, 0) is 30.5 Å². The van der Waals surface area contributed by atoms with Gasteiger partial charge in [0.25, 0.3) is 5.91 Å². The van der Waals surface area contributed by atoms with Crippen LogP contribution >= 0.6 is 0 Å². The number of nitrogens with one attached hydrogen (secondary N) is 1. The molecule has 12 heteroatoms. The molecular formula is C21H21F3N2O6S. The van der Waals surface area contributed by atoms with Crippen molar-refractivity contribution in [2.75, 3.05) is 38.2 Å². The second-order valence-electron chi connectivity index (χ2n) is 7.19. The third-order valence-electron chi connectivity index (χ3n) is 4.87. The summed E-state index contributed by atoms with van der Waals surface area (Å²) in [5.41, 5.74) is -0.261. The number of amides is 1. The highest BCUT2D eigenvalue weighted by Crippen LogP contribution is 2.29. The average molecular weight is 486 g/mol. The molecule has 0 atom stereocenters. The average Bonchev–Trinajstić information content (AvgIpc) is 2.79. The molecule has 33 heavy (non-hydrogen) atoms. The molecule has 178 valence electrons. The van der Waals surface area contributed by atoms with Crippen LogP contribution in [0.2, 0.25) is 0 Å². The number of carbonyl (C=O) groups excluding carboxylic acids is 2. The highest BCUT2D eigenvalue weighted by atomic mass is 32.2. The molecule has 1 fully saturated rings. The summed E-state index contributed by atoms with van der Waals surface area (Å²) in [6, 6.07) is 7.66. The molecule has 0 unspecified atom stereocenters. The quantitative estimate of drug-likeness (QED) is 0.630. The maximum absolute atomic E-state index is 12.8. The standard InChI is InChI=1S/C21H21F3N2O6S/c1-14-2-7-17(33(29,30)26-8-10-31-11-9-26)12-18(14)25-19(27)13-32-20(28)15-3-5-16(6-4-15)21(22,23)24/h2-7,12H,8-11,13H2,1H3,(H,25,27). The van der Waals surface area contributed by atoms with Gasteiger partial charge < -0.3 is 14.8 Å². The summed E-state index contributed by atoms with van der Waals surface area (Å²) in [6.45, 7) is 1.97. The van der Waals surface area contributed by atoms with Crippen LogP contribution in [0, 0.1) is 6.92 Å². The third-order valence-corrected chi connectivity index (χ3v) is 6.77. The molecule has 2 aromatic rings. The van der Waals surface area contributed by atoms with Crippen molar-refractivity contribution >= 4 is 27.6 Å². The van der Waals surface area contributed by atoms with Gasteiger partial charge in [-0.2, -0.15) is 17.5 Å². The number of aryl methyl sites for hydroxylation is 1. The number of rotatable bonds is 6. The van der Waals surface area contributed by atoms with Crippen LogP contribution in [0.3, 0.4) is 0 Å². The lowest BCUT2D eigenvalue weighted by Crippen LogP contribution is -2.40. The second-order valence-corrected chi connectivity index (χ2v) is 9.13. The van der Waals surface area contributed by atoms with E-state index in [2.05, 4.69) is 5.32 Å². The van der Waals surface area contributed by atoms with Crippen LogP contribution in [0.25, 0.3) is 0 Å². The summed E-state index contributed by atoms with van der Waals surface area (Å²) in [4.78, 5) is 24.2. The normalized spacial score (nSPS) is 15.2. The zero-order valence-corrected chi connectivity index (χ0v) is 18.3. The van der Waals surface area contributed by atoms with Gasteiger partial charge in [0, 0.05) is 18.8 Å². The summed E-state index contributed by atoms with van der Waals surface area (Å²) < 4.78 is 74.8. The van der Waals surface area contributed by atoms with Crippen molar-refractivity contribution in [1.82, 2.24) is 4.31 Å². The minimum atomic E-state index is -4.54. The van der Waals surface area contributed by atoms with E-state index in [1.165, 1.54) is 22.5 Å². The first kappa shape index (κ1) is 24.7. The van der Waals surface area contributed by atoms with Crippen molar-refractivity contribution in [3.8, 4) is 0 Å². The van der Waals surface area contributed by atoms with E-state index in [1.54, 1.807) is 6.92 Å². The van der Waals surface area contributed by atoms with Gasteiger partial charge in [0.2, 0.25) is 10.0 Å². The van der Waals surface area contributed by atoms with Gasteiger partial charge in [-0.15, -0.1) is 0 Å². The number of esters is 1. The number of hydrogen-bond acceptors (Lipinski definition) is 6. The Labute approximate surface area is 188 Å². The smallest absolute Gasteiger partial charge is 0.416 e. The lowest BCUT2D eigenvalue weighted by atomic mass is 10.1. The minimum Gasteiger partial charge on any atom is -0.452 e. The van der Waals surface area contributed by atoms with Crippen LogP contribution < -0.4 is 5.32 Å². The first-order chi connectivity index (χ1) is 15.5. The lowest BCUT2D eigenvalue weighted by Gasteiger charge is -2.26. The Bertz CT molecular complexity index is 1130. The van der Waals surface area contributed by atoms with Crippen LogP contribution in [-0.4, -0.2) is 57.5 Å². The number of anilines is 1. The number of morpholine rings is 1. The first-order valence-electron chi connectivity index (χ1n) is 9.81. The van der Waals surface area contributed by atoms with Gasteiger partial charge in [-0.3, -0.25) is 4.79 Å². The minimum absolute atomic E-state index is 0.00736. The number of hydrogen-bond donors (Lipinski definition) is 1. The molecule has 1 N–H and O–H groups in total. The number of nitrogens with zero attached hydrogens (tertiary/aromatic N) is 1. The predicted molar refractivity (Wildman–Crippen MR) is 111 cm³/mol.